The summed E-state index contributed by atoms with van der Waals surface area (Å²) in [5, 5.41) is 0. The molecule has 1 amide bonds. The average Bonchev–Trinajstić information content (AvgIpc) is 3.14. The summed E-state index contributed by atoms with van der Waals surface area (Å²) in [6.45, 7) is 4.64. The van der Waals surface area contributed by atoms with Crippen molar-refractivity contribution in [3.05, 3.63) is 65.0 Å². The van der Waals surface area contributed by atoms with E-state index in [-0.39, 0.29) is 17.7 Å². The first kappa shape index (κ1) is 18.3. The third kappa shape index (κ3) is 4.18. The molecule has 4 nitrogen and oxygen atoms in total. The lowest BCUT2D eigenvalue weighted by atomic mass is 9.96. The standard InChI is InChI=1S/C22H26N2O2/c1-16-10-11-17(2)19(14-16)22(26)20-8-5-13-24(20)21(25)9-3-6-18-7-4-12-23-15-18/h4,7,10-12,14-15,20H,3,5-6,8-9,13H2,1-2H3. The minimum atomic E-state index is -0.304. The van der Waals surface area contributed by atoms with Gasteiger partial charge in [-0.3, -0.25) is 14.6 Å². The van der Waals surface area contributed by atoms with E-state index in [9.17, 15) is 9.59 Å². The summed E-state index contributed by atoms with van der Waals surface area (Å²) in [4.78, 5) is 31.6. The maximum Gasteiger partial charge on any atom is 0.223 e. The Morgan fingerprint density at radius 2 is 2.08 bits per heavy atom. The van der Waals surface area contributed by atoms with E-state index in [0.717, 1.165) is 47.9 Å². The second kappa shape index (κ2) is 8.26. The molecule has 1 aromatic carbocycles. The van der Waals surface area contributed by atoms with Crippen LogP contribution in [-0.4, -0.2) is 34.2 Å². The Balaban J connectivity index is 1.62. The van der Waals surface area contributed by atoms with Crippen molar-refractivity contribution in [3.63, 3.8) is 0 Å². The lowest BCUT2D eigenvalue weighted by Crippen LogP contribution is -2.40. The van der Waals surface area contributed by atoms with Crippen LogP contribution in [0.1, 0.15) is 52.7 Å². The summed E-state index contributed by atoms with van der Waals surface area (Å²) in [5.74, 6) is 0.180. The van der Waals surface area contributed by atoms with Crippen LogP contribution in [0.3, 0.4) is 0 Å². The van der Waals surface area contributed by atoms with Crippen LogP contribution in [0.25, 0.3) is 0 Å². The Hall–Kier alpha value is -2.49. The summed E-state index contributed by atoms with van der Waals surface area (Å²) >= 11 is 0. The third-order valence-corrected chi connectivity index (χ3v) is 5.11. The number of carbonyl (C=O) groups excluding carboxylic acids is 2. The van der Waals surface area contributed by atoms with Gasteiger partial charge in [0.2, 0.25) is 5.91 Å². The summed E-state index contributed by atoms with van der Waals surface area (Å²) < 4.78 is 0. The van der Waals surface area contributed by atoms with Gasteiger partial charge in [-0.25, -0.2) is 0 Å². The molecular formula is C22H26N2O2. The smallest absolute Gasteiger partial charge is 0.223 e. The van der Waals surface area contributed by atoms with Crippen molar-refractivity contribution in [2.24, 2.45) is 0 Å². The number of aryl methyl sites for hydroxylation is 3. The Morgan fingerprint density at radius 3 is 2.85 bits per heavy atom. The van der Waals surface area contributed by atoms with Gasteiger partial charge in [-0.05, 0) is 62.8 Å². The number of hydrogen-bond acceptors (Lipinski definition) is 3. The number of Topliss-reactive ketones (excluding diaryl/α,β-unsaturated/α-hetero) is 1. The number of carbonyl (C=O) groups is 2. The van der Waals surface area contributed by atoms with Gasteiger partial charge in [0.1, 0.15) is 0 Å². The predicted octanol–water partition coefficient (Wildman–Crippen LogP) is 3.90. The maximum atomic E-state index is 13.0. The molecule has 0 spiro atoms. The molecule has 2 heterocycles. The summed E-state index contributed by atoms with van der Waals surface area (Å²) in [5.41, 5.74) is 3.96. The van der Waals surface area contributed by atoms with Crippen molar-refractivity contribution in [1.29, 1.82) is 0 Å². The molecule has 0 radical (unpaired) electrons. The largest absolute Gasteiger partial charge is 0.332 e. The van der Waals surface area contributed by atoms with E-state index in [0.29, 0.717) is 13.0 Å². The van der Waals surface area contributed by atoms with Crippen LogP contribution in [-0.2, 0) is 11.2 Å². The predicted molar refractivity (Wildman–Crippen MR) is 102 cm³/mol. The monoisotopic (exact) mass is 350 g/mol. The minimum Gasteiger partial charge on any atom is -0.332 e. The highest BCUT2D eigenvalue weighted by Gasteiger charge is 2.34. The van der Waals surface area contributed by atoms with Gasteiger partial charge in [-0.2, -0.15) is 0 Å². The topological polar surface area (TPSA) is 50.3 Å². The maximum absolute atomic E-state index is 13.0. The molecule has 1 saturated heterocycles. The Bertz CT molecular complexity index is 786. The van der Waals surface area contributed by atoms with Gasteiger partial charge >= 0.3 is 0 Å². The normalized spacial score (nSPS) is 16.7. The lowest BCUT2D eigenvalue weighted by molar-refractivity contribution is -0.131. The van der Waals surface area contributed by atoms with Gasteiger partial charge in [0.25, 0.3) is 0 Å². The number of hydrogen-bond donors (Lipinski definition) is 0. The lowest BCUT2D eigenvalue weighted by Gasteiger charge is -2.24. The molecule has 136 valence electrons. The van der Waals surface area contributed by atoms with Crippen molar-refractivity contribution in [2.45, 2.75) is 52.0 Å². The molecule has 1 aliphatic heterocycles. The summed E-state index contributed by atoms with van der Waals surface area (Å²) in [6.07, 6.45) is 7.35. The SMILES string of the molecule is Cc1ccc(C)c(C(=O)C2CCCN2C(=O)CCCc2cccnc2)c1. The fraction of sp³-hybridized carbons (Fsp3) is 0.409. The van der Waals surface area contributed by atoms with Crippen LogP contribution in [0.2, 0.25) is 0 Å². The zero-order chi connectivity index (χ0) is 18.5. The summed E-state index contributed by atoms with van der Waals surface area (Å²) in [6, 6.07) is 9.58. The van der Waals surface area contributed by atoms with Crippen LogP contribution in [0, 0.1) is 13.8 Å². The number of aromatic nitrogens is 1. The molecule has 0 N–H and O–H groups in total. The molecule has 1 atom stereocenters. The van der Waals surface area contributed by atoms with Crippen LogP contribution in [0.4, 0.5) is 0 Å². The van der Waals surface area contributed by atoms with E-state index >= 15 is 0 Å². The molecule has 26 heavy (non-hydrogen) atoms. The van der Waals surface area contributed by atoms with Crippen molar-refractivity contribution in [2.75, 3.05) is 6.54 Å². The Kier molecular flexibility index (Phi) is 5.82. The van der Waals surface area contributed by atoms with E-state index in [1.807, 2.05) is 50.4 Å². The fourth-order valence-electron chi connectivity index (χ4n) is 3.65. The molecule has 2 aromatic rings. The first-order chi connectivity index (χ1) is 12.6. The number of pyridine rings is 1. The molecule has 1 fully saturated rings. The zero-order valence-corrected chi connectivity index (χ0v) is 15.6. The highest BCUT2D eigenvalue weighted by Crippen LogP contribution is 2.24. The molecule has 4 heteroatoms. The van der Waals surface area contributed by atoms with Gasteiger partial charge in [-0.1, -0.05) is 23.8 Å². The highest BCUT2D eigenvalue weighted by molar-refractivity contribution is 6.03. The highest BCUT2D eigenvalue weighted by atomic mass is 16.2. The van der Waals surface area contributed by atoms with Crippen molar-refractivity contribution < 1.29 is 9.59 Å². The number of ketones is 1. The molecule has 0 bridgehead atoms. The van der Waals surface area contributed by atoms with Gasteiger partial charge in [0.15, 0.2) is 5.78 Å². The second-order valence-corrected chi connectivity index (χ2v) is 7.14. The molecule has 1 aliphatic rings. The first-order valence-corrected chi connectivity index (χ1v) is 9.36. The van der Waals surface area contributed by atoms with Crippen LogP contribution >= 0.6 is 0 Å². The van der Waals surface area contributed by atoms with E-state index in [1.54, 1.807) is 11.1 Å². The van der Waals surface area contributed by atoms with Gasteiger partial charge in [0, 0.05) is 30.9 Å². The zero-order valence-electron chi connectivity index (χ0n) is 15.6. The van der Waals surface area contributed by atoms with E-state index < -0.39 is 0 Å². The van der Waals surface area contributed by atoms with Gasteiger partial charge in [0.05, 0.1) is 6.04 Å². The van der Waals surface area contributed by atoms with Crippen molar-refractivity contribution >= 4 is 11.7 Å². The molecule has 0 saturated carbocycles. The van der Waals surface area contributed by atoms with E-state index in [1.165, 1.54) is 0 Å². The van der Waals surface area contributed by atoms with Crippen LogP contribution in [0.5, 0.6) is 0 Å². The number of likely N-dealkylation sites (tertiary alicyclic amines) is 1. The van der Waals surface area contributed by atoms with Crippen LogP contribution < -0.4 is 0 Å². The quantitative estimate of drug-likeness (QED) is 0.743. The van der Waals surface area contributed by atoms with Gasteiger partial charge < -0.3 is 4.90 Å². The molecular weight excluding hydrogens is 324 g/mol. The molecule has 3 rings (SSSR count). The van der Waals surface area contributed by atoms with Crippen LogP contribution in [0.15, 0.2) is 42.7 Å². The number of nitrogens with zero attached hydrogens (tertiary/aromatic N) is 2. The number of amides is 1. The fourth-order valence-corrected chi connectivity index (χ4v) is 3.65. The molecule has 0 aliphatic carbocycles. The van der Waals surface area contributed by atoms with Crippen molar-refractivity contribution in [1.82, 2.24) is 9.88 Å². The minimum absolute atomic E-state index is 0.0873. The summed E-state index contributed by atoms with van der Waals surface area (Å²) in [7, 11) is 0. The first-order valence-electron chi connectivity index (χ1n) is 9.36. The Labute approximate surface area is 155 Å². The second-order valence-electron chi connectivity index (χ2n) is 7.14. The average molecular weight is 350 g/mol. The molecule has 1 unspecified atom stereocenters. The number of benzene rings is 1. The number of rotatable bonds is 6. The third-order valence-electron chi connectivity index (χ3n) is 5.11. The van der Waals surface area contributed by atoms with Crippen molar-refractivity contribution in [3.8, 4) is 0 Å². The molecule has 1 aromatic heterocycles. The van der Waals surface area contributed by atoms with E-state index in [2.05, 4.69) is 4.98 Å². The van der Waals surface area contributed by atoms with Gasteiger partial charge in [-0.15, -0.1) is 0 Å². The van der Waals surface area contributed by atoms with E-state index in [4.69, 9.17) is 0 Å². The Morgan fingerprint density at radius 1 is 1.23 bits per heavy atom.